The molecular formula is C26H23BrN2O5. The van der Waals surface area contributed by atoms with E-state index in [1.807, 2.05) is 26.0 Å². The molecule has 1 N–H and O–H groups in total. The molecule has 3 aliphatic rings. The number of halogens is 1. The monoisotopic (exact) mass is 522 g/mol. The number of nitrogens with one attached hydrogen (secondary N) is 1. The lowest BCUT2D eigenvalue weighted by atomic mass is 9.82. The number of hydrogen-bond donors (Lipinski definition) is 1. The molecule has 0 aromatic heterocycles. The van der Waals surface area contributed by atoms with Gasteiger partial charge in [0, 0.05) is 10.2 Å². The summed E-state index contributed by atoms with van der Waals surface area (Å²) in [4.78, 5) is 51.9. The number of carbonyl (C=O) groups is 4. The summed E-state index contributed by atoms with van der Waals surface area (Å²) in [5, 5.41) is 2.71. The van der Waals surface area contributed by atoms with E-state index < -0.39 is 18.5 Å². The molecule has 174 valence electrons. The van der Waals surface area contributed by atoms with Crippen LogP contribution in [0.5, 0.6) is 0 Å². The zero-order valence-corrected chi connectivity index (χ0v) is 20.3. The Morgan fingerprint density at radius 1 is 1.06 bits per heavy atom. The van der Waals surface area contributed by atoms with Gasteiger partial charge in [-0.25, -0.2) is 4.79 Å². The highest BCUT2D eigenvalue weighted by Gasteiger charge is 2.60. The number of fused-ring (bicyclic) bond motifs is 5. The molecule has 34 heavy (non-hydrogen) atoms. The fourth-order valence-electron chi connectivity index (χ4n) is 5.44. The van der Waals surface area contributed by atoms with Crippen LogP contribution in [0.2, 0.25) is 0 Å². The Balaban J connectivity index is 1.21. The van der Waals surface area contributed by atoms with Crippen LogP contribution in [0.3, 0.4) is 0 Å². The van der Waals surface area contributed by atoms with Gasteiger partial charge in [-0.3, -0.25) is 19.3 Å². The summed E-state index contributed by atoms with van der Waals surface area (Å²) in [7, 11) is 0. The first kappa shape index (κ1) is 22.5. The standard InChI is InChI=1S/C26H23BrN2O5/c1-13-9-16-11-19(13)23-22(16)24(31)29(25(23)32)18-6-3-15(4-7-18)26(33)34-12-21(30)28-20-8-5-17(27)10-14(20)2/h3-10,16,19,22-23H,11-12H2,1-2H3,(H,28,30)/t16-,19+,22+,23-/m0/s1. The first-order chi connectivity index (χ1) is 16.2. The lowest BCUT2D eigenvalue weighted by molar-refractivity contribution is -0.123. The van der Waals surface area contributed by atoms with Crippen LogP contribution in [-0.4, -0.2) is 30.3 Å². The van der Waals surface area contributed by atoms with Crippen LogP contribution in [0.25, 0.3) is 0 Å². The number of carbonyl (C=O) groups excluding carboxylic acids is 4. The van der Waals surface area contributed by atoms with E-state index in [2.05, 4.69) is 27.3 Å². The van der Waals surface area contributed by atoms with Crippen molar-refractivity contribution in [3.05, 3.63) is 69.7 Å². The van der Waals surface area contributed by atoms with Gasteiger partial charge in [-0.2, -0.15) is 0 Å². The minimum absolute atomic E-state index is 0.137. The smallest absolute Gasteiger partial charge is 0.338 e. The number of ether oxygens (including phenoxy) is 1. The second-order valence-corrected chi connectivity index (χ2v) is 10.0. The summed E-state index contributed by atoms with van der Waals surface area (Å²) in [5.41, 5.74) is 3.39. The molecule has 0 unspecified atom stereocenters. The quantitative estimate of drug-likeness (QED) is 0.360. The molecule has 1 saturated heterocycles. The van der Waals surface area contributed by atoms with Gasteiger partial charge in [0.25, 0.3) is 5.91 Å². The van der Waals surface area contributed by atoms with Gasteiger partial charge in [0.15, 0.2) is 6.61 Å². The number of anilines is 2. The number of aryl methyl sites for hydroxylation is 1. The molecule has 1 heterocycles. The van der Waals surface area contributed by atoms with Crippen LogP contribution in [0.15, 0.2) is 58.6 Å². The summed E-state index contributed by atoms with van der Waals surface area (Å²) in [5.74, 6) is -1.71. The fraction of sp³-hybridized carbons (Fsp3) is 0.308. The second-order valence-electron chi connectivity index (χ2n) is 9.11. The number of imide groups is 1. The van der Waals surface area contributed by atoms with E-state index in [4.69, 9.17) is 4.74 Å². The maximum Gasteiger partial charge on any atom is 0.338 e. The molecule has 2 aliphatic carbocycles. The summed E-state index contributed by atoms with van der Waals surface area (Å²) >= 11 is 3.37. The predicted molar refractivity (Wildman–Crippen MR) is 129 cm³/mol. The minimum Gasteiger partial charge on any atom is -0.452 e. The van der Waals surface area contributed by atoms with Gasteiger partial charge in [0.05, 0.1) is 23.1 Å². The van der Waals surface area contributed by atoms with Crippen molar-refractivity contribution in [1.82, 2.24) is 0 Å². The van der Waals surface area contributed by atoms with Gasteiger partial charge >= 0.3 is 5.97 Å². The third kappa shape index (κ3) is 3.76. The average Bonchev–Trinajstić information content (AvgIpc) is 3.44. The summed E-state index contributed by atoms with van der Waals surface area (Å²) in [6.07, 6.45) is 3.01. The zero-order chi connectivity index (χ0) is 24.1. The van der Waals surface area contributed by atoms with E-state index in [1.165, 1.54) is 22.6 Å². The zero-order valence-electron chi connectivity index (χ0n) is 18.7. The number of hydrogen-bond acceptors (Lipinski definition) is 5. The van der Waals surface area contributed by atoms with Gasteiger partial charge < -0.3 is 10.1 Å². The van der Waals surface area contributed by atoms with Crippen molar-refractivity contribution < 1.29 is 23.9 Å². The number of amides is 3. The molecule has 7 nitrogen and oxygen atoms in total. The molecule has 2 bridgehead atoms. The van der Waals surface area contributed by atoms with E-state index in [-0.39, 0.29) is 41.0 Å². The van der Waals surface area contributed by atoms with Crippen LogP contribution in [0.4, 0.5) is 11.4 Å². The number of allylic oxidation sites excluding steroid dienone is 2. The largest absolute Gasteiger partial charge is 0.452 e. The fourth-order valence-corrected chi connectivity index (χ4v) is 5.92. The molecule has 1 saturated carbocycles. The third-order valence-corrected chi connectivity index (χ3v) is 7.53. The predicted octanol–water partition coefficient (Wildman–Crippen LogP) is 4.25. The minimum atomic E-state index is -0.664. The highest BCUT2D eigenvalue weighted by atomic mass is 79.9. The third-order valence-electron chi connectivity index (χ3n) is 7.04. The molecule has 4 atom stereocenters. The Labute approximate surface area is 205 Å². The maximum absolute atomic E-state index is 13.1. The number of rotatable bonds is 5. The molecular weight excluding hydrogens is 500 g/mol. The van der Waals surface area contributed by atoms with Crippen molar-refractivity contribution in [3.63, 3.8) is 0 Å². The van der Waals surface area contributed by atoms with Crippen molar-refractivity contribution >= 4 is 51.0 Å². The average molecular weight is 523 g/mol. The van der Waals surface area contributed by atoms with Gasteiger partial charge in [-0.1, -0.05) is 27.6 Å². The highest BCUT2D eigenvalue weighted by molar-refractivity contribution is 9.10. The number of nitrogens with zero attached hydrogens (tertiary/aromatic N) is 1. The Morgan fingerprint density at radius 3 is 2.47 bits per heavy atom. The van der Waals surface area contributed by atoms with Gasteiger partial charge in [0.2, 0.25) is 11.8 Å². The normalized spacial score (nSPS) is 24.8. The molecule has 2 aromatic carbocycles. The highest BCUT2D eigenvalue weighted by Crippen LogP contribution is 2.55. The van der Waals surface area contributed by atoms with E-state index in [0.717, 1.165) is 16.5 Å². The Bertz CT molecular complexity index is 1250. The first-order valence-corrected chi connectivity index (χ1v) is 11.9. The van der Waals surface area contributed by atoms with Crippen LogP contribution in [0, 0.1) is 30.6 Å². The van der Waals surface area contributed by atoms with Crippen LogP contribution in [0.1, 0.15) is 29.3 Å². The molecule has 5 rings (SSSR count). The lowest BCUT2D eigenvalue weighted by Gasteiger charge is -2.19. The van der Waals surface area contributed by atoms with E-state index in [9.17, 15) is 19.2 Å². The van der Waals surface area contributed by atoms with Crippen molar-refractivity contribution in [2.75, 3.05) is 16.8 Å². The molecule has 2 fully saturated rings. The maximum atomic E-state index is 13.1. The van der Waals surface area contributed by atoms with Crippen LogP contribution < -0.4 is 10.2 Å². The summed E-state index contributed by atoms with van der Waals surface area (Å²) < 4.78 is 6.03. The molecule has 1 aliphatic heterocycles. The summed E-state index contributed by atoms with van der Waals surface area (Å²) in [6, 6.07) is 11.6. The van der Waals surface area contributed by atoms with E-state index in [1.54, 1.807) is 18.2 Å². The lowest BCUT2D eigenvalue weighted by Crippen LogP contribution is -2.33. The topological polar surface area (TPSA) is 92.8 Å². The van der Waals surface area contributed by atoms with Crippen LogP contribution >= 0.6 is 15.9 Å². The van der Waals surface area contributed by atoms with E-state index >= 15 is 0 Å². The van der Waals surface area contributed by atoms with Gasteiger partial charge in [-0.05, 0) is 80.1 Å². The molecule has 0 spiro atoms. The number of benzene rings is 2. The Hall–Kier alpha value is -3.26. The Kier molecular flexibility index (Phi) is 5.64. The molecule has 8 heteroatoms. The van der Waals surface area contributed by atoms with Crippen molar-refractivity contribution in [1.29, 1.82) is 0 Å². The molecule has 3 amide bonds. The molecule has 0 radical (unpaired) electrons. The van der Waals surface area contributed by atoms with Crippen molar-refractivity contribution in [3.8, 4) is 0 Å². The van der Waals surface area contributed by atoms with Gasteiger partial charge in [0.1, 0.15) is 0 Å². The van der Waals surface area contributed by atoms with Crippen molar-refractivity contribution in [2.24, 2.45) is 23.7 Å². The van der Waals surface area contributed by atoms with E-state index in [0.29, 0.717) is 11.4 Å². The first-order valence-electron chi connectivity index (χ1n) is 11.1. The van der Waals surface area contributed by atoms with Gasteiger partial charge in [-0.15, -0.1) is 0 Å². The second kappa shape index (κ2) is 8.51. The SMILES string of the molecule is CC1=C[C@H]2C[C@H]1[C@@H]1C(=O)N(c3ccc(C(=O)OCC(=O)Nc4ccc(Br)cc4C)cc3)C(=O)[C@@H]12. The molecule has 2 aromatic rings. The van der Waals surface area contributed by atoms with Crippen molar-refractivity contribution in [2.45, 2.75) is 20.3 Å². The Morgan fingerprint density at radius 2 is 1.76 bits per heavy atom. The number of esters is 1. The van der Waals surface area contributed by atoms with Crippen LogP contribution in [-0.2, 0) is 19.1 Å². The summed E-state index contributed by atoms with van der Waals surface area (Å²) in [6.45, 7) is 3.46.